The molecule has 0 aromatic heterocycles. The highest BCUT2D eigenvalue weighted by atomic mass is 19.4. The second-order valence-electron chi connectivity index (χ2n) is 38.8. The topological polar surface area (TPSA) is 393 Å². The Morgan fingerprint density at radius 2 is 0.692 bits per heavy atom. The monoisotopic (exact) mass is 1930 g/mol. The SMILES string of the molecule is C.C.CCC(C)(C)C(=O)OC(C)OC(C)(C)C.CCC(C)(C)C(=O)OCC1CO1.CCC(C)(C)C(=O)OCC1CO1.CCC(C)(C)C(=O)OCC1CO1.CCC(C)(C)C(=O)OCCC(F)(F)F.CCC(C)(C)C(=O)OCCO.CCC(C)C(=O)OC(C)OC(C)(C)C.CCC(C)C1COC(=O)O1.CCCCOC(C)OC(=O)C(C)C(C)C(=O)OC.CCOC(C)OC(=O)C(C)(C)CC. The molecule has 12 atom stereocenters. The Kier molecular flexibility index (Phi) is 75.7. The standard InChI is InChI=1S/C13H24O5.C12H24O3.C11H22O3.C10H20O3.C9H15F3O2.3C9H16O3.C8H16O3.C7H12O3.2CH4/c1-6-7-8-17-11(4)18-13(15)10(3)9(2)12(14)16-5;1-8-12(6,7)10(13)14-9(2)15-11(3,4)5;1-7-8(2)10(12)13-9(3)14-11(4,5)6;1-6-10(4,5)9(11)13-8(3)12-7-2;1-4-8(2,3)7(13)14-6-5-9(10,11)12;3*1-4-9(2,3)8(10)12-6-7-5-11-7;1-4-8(2,3)7(10)11-6-5-9;1-3-5(2)6-4-9-7(8)10-6;;/h9-11H,6-8H2,1-5H3;9H,8H2,1-7H3;8-9H,7H2,1-6H3;8H,6-7H2,1-5H3;4-6H2,1-3H3;3*7H,4-6H2,1-3H3;9H,4-6H2,1-3H3;5-6H,3-4H2,1-2H3;2*1H4. The molecule has 4 saturated heterocycles. The van der Waals surface area contributed by atoms with Gasteiger partial charge in [-0.15, -0.1) is 0 Å². The van der Waals surface area contributed by atoms with Crippen LogP contribution in [0.15, 0.2) is 0 Å². The summed E-state index contributed by atoms with van der Waals surface area (Å²) in [6, 6.07) is 0. The first-order valence-electron chi connectivity index (χ1n) is 46.6. The van der Waals surface area contributed by atoms with Crippen molar-refractivity contribution in [1.82, 2.24) is 0 Å². The predicted octanol–water partition coefficient (Wildman–Crippen LogP) is 21.2. The molecule has 1 N–H and O–H groups in total. The minimum absolute atomic E-state index is 0. The Hall–Kier alpha value is -6.56. The third-order valence-corrected chi connectivity index (χ3v) is 21.4. The van der Waals surface area contributed by atoms with Crippen LogP contribution in [0, 0.1) is 61.6 Å². The molecule has 0 radical (unpaired) electrons. The fraction of sp³-hybridized carbons (Fsp3) is 0.889. The molecule has 31 nitrogen and oxygen atoms in total. The van der Waals surface area contributed by atoms with Gasteiger partial charge in [0.05, 0.1) is 120 Å². The molecule has 0 aromatic carbocycles. The molecule has 34 heteroatoms. The summed E-state index contributed by atoms with van der Waals surface area (Å²) in [6.07, 6.45) is 1.59. The lowest BCUT2D eigenvalue weighted by atomic mass is 9.91. The van der Waals surface area contributed by atoms with Crippen LogP contribution in [0.3, 0.4) is 0 Å². The number of esters is 10. The van der Waals surface area contributed by atoms with Crippen molar-refractivity contribution in [3.63, 3.8) is 0 Å². The molecule has 133 heavy (non-hydrogen) atoms. The number of hydrogen-bond donors (Lipinski definition) is 1. The Bertz CT molecular complexity index is 3060. The Balaban J connectivity index is -0.000000218. The highest BCUT2D eigenvalue weighted by Crippen LogP contribution is 2.30. The van der Waals surface area contributed by atoms with Crippen LogP contribution in [0.4, 0.5) is 18.0 Å². The van der Waals surface area contributed by atoms with Crippen LogP contribution < -0.4 is 0 Å². The quantitative estimate of drug-likeness (QED) is 0.0195. The molecule has 0 spiro atoms. The lowest BCUT2D eigenvalue weighted by molar-refractivity contribution is -0.205. The van der Waals surface area contributed by atoms with E-state index >= 15 is 0 Å². The van der Waals surface area contributed by atoms with Gasteiger partial charge < -0.3 is 95.1 Å². The molecule has 12 unspecified atom stereocenters. The van der Waals surface area contributed by atoms with Crippen LogP contribution in [0.1, 0.15) is 362 Å². The third kappa shape index (κ3) is 74.3. The number of halogens is 3. The highest BCUT2D eigenvalue weighted by molar-refractivity contribution is 5.82. The van der Waals surface area contributed by atoms with Crippen LogP contribution in [-0.4, -0.2) is 224 Å². The zero-order valence-corrected chi connectivity index (χ0v) is 88.2. The van der Waals surface area contributed by atoms with Crippen molar-refractivity contribution in [3.05, 3.63) is 0 Å². The molecule has 4 rings (SSSR count). The van der Waals surface area contributed by atoms with Crippen molar-refractivity contribution in [2.24, 2.45) is 61.6 Å². The van der Waals surface area contributed by atoms with E-state index in [0.717, 1.165) is 84.0 Å². The fourth-order valence-electron chi connectivity index (χ4n) is 7.94. The maximum absolute atomic E-state index is 11.7. The number of hydrogen-bond acceptors (Lipinski definition) is 31. The first kappa shape index (κ1) is 142. The number of alkyl halides is 3. The number of carbonyl (C=O) groups excluding carboxylic acids is 11. The van der Waals surface area contributed by atoms with Crippen molar-refractivity contribution in [2.45, 2.75) is 429 Å². The molecule has 4 heterocycles. The zero-order chi connectivity index (χ0) is 104. The zero-order valence-electron chi connectivity index (χ0n) is 88.2. The van der Waals surface area contributed by atoms with E-state index in [1.54, 1.807) is 62.3 Å². The molecule has 0 amide bonds. The average molecular weight is 1930 g/mol. The van der Waals surface area contributed by atoms with Crippen molar-refractivity contribution >= 4 is 65.8 Å². The molecule has 4 aliphatic heterocycles. The Morgan fingerprint density at radius 3 is 0.962 bits per heavy atom. The summed E-state index contributed by atoms with van der Waals surface area (Å²) in [5.41, 5.74) is -3.61. The molecule has 4 fully saturated rings. The maximum atomic E-state index is 11.7. The summed E-state index contributed by atoms with van der Waals surface area (Å²) >= 11 is 0. The molecule has 4 aliphatic rings. The van der Waals surface area contributed by atoms with Crippen LogP contribution in [-0.2, 0) is 138 Å². The fourth-order valence-corrected chi connectivity index (χ4v) is 7.94. The van der Waals surface area contributed by atoms with E-state index in [9.17, 15) is 65.9 Å². The molecule has 0 aromatic rings. The first-order valence-corrected chi connectivity index (χ1v) is 46.6. The molecule has 0 aliphatic carbocycles. The van der Waals surface area contributed by atoms with Gasteiger partial charge in [-0.05, 0) is 243 Å². The number of unbranched alkanes of at least 4 members (excludes halogenated alkanes) is 1. The Morgan fingerprint density at radius 1 is 0.391 bits per heavy atom. The van der Waals surface area contributed by atoms with E-state index in [4.69, 9.17) is 80.9 Å². The minimum Gasteiger partial charge on any atom is -0.469 e. The van der Waals surface area contributed by atoms with Gasteiger partial charge in [0, 0.05) is 6.61 Å². The van der Waals surface area contributed by atoms with Gasteiger partial charge in [0.15, 0.2) is 12.6 Å². The number of ether oxygens (including phenoxy) is 19. The summed E-state index contributed by atoms with van der Waals surface area (Å²) in [5, 5.41) is 8.38. The number of carbonyl (C=O) groups is 11. The van der Waals surface area contributed by atoms with Crippen molar-refractivity contribution < 1.29 is 161 Å². The van der Waals surface area contributed by atoms with Crippen LogP contribution in [0.2, 0.25) is 0 Å². The summed E-state index contributed by atoms with van der Waals surface area (Å²) < 4.78 is 130. The van der Waals surface area contributed by atoms with Crippen LogP contribution >= 0.6 is 0 Å². The normalized spacial score (nSPS) is 17.2. The number of aliphatic hydroxyl groups excluding tert-OH is 1. The van der Waals surface area contributed by atoms with E-state index in [1.807, 2.05) is 194 Å². The van der Waals surface area contributed by atoms with Gasteiger partial charge in [-0.3, -0.25) is 47.9 Å². The van der Waals surface area contributed by atoms with Crippen molar-refractivity contribution in [3.8, 4) is 0 Å². The maximum Gasteiger partial charge on any atom is 0.508 e. The average Bonchev–Trinajstić information content (AvgIpc) is 0.982. The van der Waals surface area contributed by atoms with Gasteiger partial charge in [0.2, 0.25) is 12.6 Å². The number of rotatable bonds is 43. The van der Waals surface area contributed by atoms with E-state index in [-0.39, 0.29) is 128 Å². The highest BCUT2D eigenvalue weighted by Gasteiger charge is 2.38. The van der Waals surface area contributed by atoms with Gasteiger partial charge in [0.1, 0.15) is 57.5 Å². The summed E-state index contributed by atoms with van der Waals surface area (Å²) in [4.78, 5) is 124. The molecular weight excluding hydrogens is 1740 g/mol. The number of cyclic esters (lactones) is 2. The van der Waals surface area contributed by atoms with E-state index in [2.05, 4.69) is 28.1 Å². The number of aliphatic hydroxyl groups is 1. The lowest BCUT2D eigenvalue weighted by Gasteiger charge is -2.28. The Labute approximate surface area is 800 Å². The van der Waals surface area contributed by atoms with Gasteiger partial charge in [0.25, 0.3) is 0 Å². The summed E-state index contributed by atoms with van der Waals surface area (Å²) in [7, 11) is 1.30. The van der Waals surface area contributed by atoms with Crippen LogP contribution in [0.5, 0.6) is 0 Å². The second-order valence-corrected chi connectivity index (χ2v) is 38.8. The second kappa shape index (κ2) is 71.0. The predicted molar refractivity (Wildman–Crippen MR) is 506 cm³/mol. The third-order valence-electron chi connectivity index (χ3n) is 21.4. The molecule has 0 saturated carbocycles. The number of methoxy groups -OCH3 is 1. The first-order chi connectivity index (χ1) is 59.9. The van der Waals surface area contributed by atoms with Gasteiger partial charge in [-0.2, -0.15) is 13.2 Å². The van der Waals surface area contributed by atoms with Crippen molar-refractivity contribution in [1.29, 1.82) is 0 Å². The van der Waals surface area contributed by atoms with Gasteiger partial charge in [-0.1, -0.05) is 118 Å². The smallest absolute Gasteiger partial charge is 0.469 e. The summed E-state index contributed by atoms with van der Waals surface area (Å²) in [5.74, 6) is -3.37. The van der Waals surface area contributed by atoms with E-state index in [1.165, 1.54) is 7.11 Å². The molecule has 792 valence electrons. The lowest BCUT2D eigenvalue weighted by Crippen LogP contribution is -2.34. The van der Waals surface area contributed by atoms with Crippen LogP contribution in [0.25, 0.3) is 0 Å². The van der Waals surface area contributed by atoms with E-state index in [0.29, 0.717) is 52.0 Å². The number of epoxide rings is 3. The van der Waals surface area contributed by atoms with Gasteiger partial charge in [-0.25, -0.2) is 4.79 Å². The minimum atomic E-state index is -4.27. The molecular formula is C99H189F3O31. The van der Waals surface area contributed by atoms with Gasteiger partial charge >= 0.3 is 72.0 Å². The van der Waals surface area contributed by atoms with E-state index < -0.39 is 102 Å². The largest absolute Gasteiger partial charge is 0.508 e. The van der Waals surface area contributed by atoms with Crippen molar-refractivity contribution in [2.75, 3.05) is 86.4 Å². The molecule has 0 bridgehead atoms. The summed E-state index contributed by atoms with van der Waals surface area (Å²) in [6.45, 7) is 77.4.